The number of nitrogens with zero attached hydrogens (tertiary/aromatic N) is 2. The molecule has 0 unspecified atom stereocenters. The Labute approximate surface area is 131 Å². The Bertz CT molecular complexity index is 572. The van der Waals surface area contributed by atoms with Gasteiger partial charge in [-0.1, -0.05) is 0 Å². The molecule has 1 saturated heterocycles. The standard InChI is InChI=1S/C13H18N4S3/c1-8-16-10(7-19-8)11-12(14)17-20-13(11)15-6-9-2-4-18-5-3-9/h7,9,15H,2-6H2,1H3,(H2,14,17). The predicted molar refractivity (Wildman–Crippen MR) is 90.9 cm³/mol. The molecule has 108 valence electrons. The number of rotatable bonds is 4. The maximum absolute atomic E-state index is 6.01. The molecule has 0 bridgehead atoms. The van der Waals surface area contributed by atoms with Crippen molar-refractivity contribution in [3.63, 3.8) is 0 Å². The van der Waals surface area contributed by atoms with E-state index in [0.717, 1.165) is 33.7 Å². The average molecular weight is 327 g/mol. The maximum atomic E-state index is 6.01. The van der Waals surface area contributed by atoms with Crippen LogP contribution in [0.4, 0.5) is 10.8 Å². The number of hydrogen-bond donors (Lipinski definition) is 2. The van der Waals surface area contributed by atoms with E-state index in [1.54, 1.807) is 11.3 Å². The van der Waals surface area contributed by atoms with Crippen molar-refractivity contribution in [3.8, 4) is 11.3 Å². The Morgan fingerprint density at radius 2 is 2.20 bits per heavy atom. The fraction of sp³-hybridized carbons (Fsp3) is 0.538. The first-order chi connectivity index (χ1) is 9.74. The Hall–Kier alpha value is -0.790. The van der Waals surface area contributed by atoms with Crippen LogP contribution in [0.15, 0.2) is 5.38 Å². The van der Waals surface area contributed by atoms with Crippen molar-refractivity contribution in [2.75, 3.05) is 29.1 Å². The highest BCUT2D eigenvalue weighted by Crippen LogP contribution is 2.37. The third kappa shape index (κ3) is 3.10. The molecule has 0 saturated carbocycles. The number of nitrogen functional groups attached to an aromatic ring is 1. The summed E-state index contributed by atoms with van der Waals surface area (Å²) in [6, 6.07) is 0. The van der Waals surface area contributed by atoms with Crippen LogP contribution in [-0.4, -0.2) is 27.4 Å². The van der Waals surface area contributed by atoms with E-state index in [9.17, 15) is 0 Å². The van der Waals surface area contributed by atoms with E-state index in [1.165, 1.54) is 35.9 Å². The quantitative estimate of drug-likeness (QED) is 0.896. The van der Waals surface area contributed by atoms with Gasteiger partial charge >= 0.3 is 0 Å². The molecule has 3 rings (SSSR count). The molecule has 0 spiro atoms. The van der Waals surface area contributed by atoms with Gasteiger partial charge in [0.2, 0.25) is 0 Å². The first-order valence-corrected chi connectivity index (χ1v) is 9.54. The topological polar surface area (TPSA) is 63.8 Å². The molecule has 2 aromatic heterocycles. The Morgan fingerprint density at radius 3 is 2.90 bits per heavy atom. The van der Waals surface area contributed by atoms with Crippen LogP contribution in [-0.2, 0) is 0 Å². The van der Waals surface area contributed by atoms with Gasteiger partial charge in [-0.05, 0) is 48.7 Å². The number of thiazole rings is 1. The lowest BCUT2D eigenvalue weighted by molar-refractivity contribution is 0.516. The van der Waals surface area contributed by atoms with E-state index < -0.39 is 0 Å². The lowest BCUT2D eigenvalue weighted by Gasteiger charge is -2.21. The second-order valence-electron chi connectivity index (χ2n) is 4.96. The first-order valence-electron chi connectivity index (χ1n) is 6.73. The van der Waals surface area contributed by atoms with Crippen molar-refractivity contribution in [2.24, 2.45) is 5.92 Å². The normalized spacial score (nSPS) is 16.4. The van der Waals surface area contributed by atoms with Gasteiger partial charge in [0.25, 0.3) is 0 Å². The molecular formula is C13H18N4S3. The van der Waals surface area contributed by atoms with Crippen molar-refractivity contribution in [1.29, 1.82) is 0 Å². The SMILES string of the molecule is Cc1nc(-c2c(N)nsc2NCC2CCSCC2)cs1. The monoisotopic (exact) mass is 326 g/mol. The van der Waals surface area contributed by atoms with Crippen LogP contribution in [0.1, 0.15) is 17.8 Å². The van der Waals surface area contributed by atoms with Gasteiger partial charge in [-0.3, -0.25) is 0 Å². The van der Waals surface area contributed by atoms with Gasteiger partial charge in [0, 0.05) is 11.9 Å². The molecule has 2 aromatic rings. The number of thioether (sulfide) groups is 1. The molecule has 1 aliphatic heterocycles. The summed E-state index contributed by atoms with van der Waals surface area (Å²) < 4.78 is 4.28. The van der Waals surface area contributed by atoms with Gasteiger partial charge in [0.1, 0.15) is 10.8 Å². The zero-order valence-corrected chi connectivity index (χ0v) is 13.8. The van der Waals surface area contributed by atoms with Gasteiger partial charge < -0.3 is 11.1 Å². The van der Waals surface area contributed by atoms with E-state index in [4.69, 9.17) is 5.73 Å². The fourth-order valence-corrected chi connectivity index (χ4v) is 4.87. The molecule has 0 amide bonds. The van der Waals surface area contributed by atoms with Crippen LogP contribution >= 0.6 is 34.6 Å². The minimum absolute atomic E-state index is 0.585. The van der Waals surface area contributed by atoms with Gasteiger partial charge in [0.15, 0.2) is 0 Å². The highest BCUT2D eigenvalue weighted by atomic mass is 32.2. The van der Waals surface area contributed by atoms with E-state index in [2.05, 4.69) is 31.8 Å². The summed E-state index contributed by atoms with van der Waals surface area (Å²) in [5.74, 6) is 3.93. The van der Waals surface area contributed by atoms with Crippen molar-refractivity contribution in [2.45, 2.75) is 19.8 Å². The van der Waals surface area contributed by atoms with Crippen molar-refractivity contribution in [1.82, 2.24) is 9.36 Å². The minimum Gasteiger partial charge on any atom is -0.382 e. The molecule has 20 heavy (non-hydrogen) atoms. The molecule has 1 fully saturated rings. The summed E-state index contributed by atoms with van der Waals surface area (Å²) in [7, 11) is 0. The lowest BCUT2D eigenvalue weighted by atomic mass is 10.0. The number of aryl methyl sites for hydroxylation is 1. The largest absolute Gasteiger partial charge is 0.382 e. The zero-order chi connectivity index (χ0) is 13.9. The van der Waals surface area contributed by atoms with Crippen LogP contribution in [0.2, 0.25) is 0 Å². The summed E-state index contributed by atoms with van der Waals surface area (Å²) in [5, 5.41) is 7.71. The molecule has 7 heteroatoms. The Balaban J connectivity index is 1.73. The van der Waals surface area contributed by atoms with Crippen molar-refractivity contribution < 1.29 is 0 Å². The molecule has 3 N–H and O–H groups in total. The number of hydrogen-bond acceptors (Lipinski definition) is 7. The summed E-state index contributed by atoms with van der Waals surface area (Å²) in [6.07, 6.45) is 2.61. The molecule has 0 radical (unpaired) electrons. The summed E-state index contributed by atoms with van der Waals surface area (Å²) in [4.78, 5) is 4.53. The van der Waals surface area contributed by atoms with E-state index in [0.29, 0.717) is 5.82 Å². The molecule has 1 aliphatic rings. The van der Waals surface area contributed by atoms with Crippen LogP contribution in [0.5, 0.6) is 0 Å². The highest BCUT2D eigenvalue weighted by molar-refractivity contribution is 7.99. The maximum Gasteiger partial charge on any atom is 0.148 e. The third-order valence-corrected chi connectivity index (χ3v) is 6.13. The summed E-state index contributed by atoms with van der Waals surface area (Å²) in [5.41, 5.74) is 7.93. The first kappa shape index (κ1) is 14.2. The third-order valence-electron chi connectivity index (χ3n) is 3.49. The van der Waals surface area contributed by atoms with Crippen LogP contribution < -0.4 is 11.1 Å². The second kappa shape index (κ2) is 6.32. The smallest absolute Gasteiger partial charge is 0.148 e. The van der Waals surface area contributed by atoms with Crippen LogP contribution in [0, 0.1) is 12.8 Å². The van der Waals surface area contributed by atoms with E-state index >= 15 is 0 Å². The second-order valence-corrected chi connectivity index (χ2v) is 8.02. The highest BCUT2D eigenvalue weighted by Gasteiger charge is 2.18. The van der Waals surface area contributed by atoms with Crippen molar-refractivity contribution in [3.05, 3.63) is 10.4 Å². The van der Waals surface area contributed by atoms with E-state index in [-0.39, 0.29) is 0 Å². The van der Waals surface area contributed by atoms with Gasteiger partial charge in [-0.15, -0.1) is 11.3 Å². The molecule has 0 aromatic carbocycles. The molecule has 4 nitrogen and oxygen atoms in total. The Morgan fingerprint density at radius 1 is 1.40 bits per heavy atom. The lowest BCUT2D eigenvalue weighted by Crippen LogP contribution is -2.18. The number of anilines is 2. The molecule has 0 aliphatic carbocycles. The van der Waals surface area contributed by atoms with Gasteiger partial charge in [-0.25, -0.2) is 4.98 Å². The minimum atomic E-state index is 0.585. The summed E-state index contributed by atoms with van der Waals surface area (Å²) >= 11 is 5.15. The van der Waals surface area contributed by atoms with Crippen LogP contribution in [0.3, 0.4) is 0 Å². The number of nitrogens with two attached hydrogens (primary N) is 1. The molecule has 3 heterocycles. The van der Waals surface area contributed by atoms with Crippen LogP contribution in [0.25, 0.3) is 11.3 Å². The molecule has 0 atom stereocenters. The van der Waals surface area contributed by atoms with E-state index in [1.807, 2.05) is 6.92 Å². The predicted octanol–water partition coefficient (Wildman–Crippen LogP) is 3.71. The van der Waals surface area contributed by atoms with Crippen molar-refractivity contribution >= 4 is 45.5 Å². The van der Waals surface area contributed by atoms with Gasteiger partial charge in [-0.2, -0.15) is 16.1 Å². The fourth-order valence-electron chi connectivity index (χ4n) is 2.34. The van der Waals surface area contributed by atoms with Gasteiger partial charge in [0.05, 0.1) is 16.3 Å². The zero-order valence-electron chi connectivity index (χ0n) is 11.4. The average Bonchev–Trinajstić information content (AvgIpc) is 3.03. The Kier molecular flexibility index (Phi) is 4.48. The number of aromatic nitrogens is 2. The number of nitrogens with one attached hydrogen (secondary N) is 1. The summed E-state index contributed by atoms with van der Waals surface area (Å²) in [6.45, 7) is 3.02. The molecular weight excluding hydrogens is 308 g/mol.